The zero-order chi connectivity index (χ0) is 16.7. The second-order valence-corrected chi connectivity index (χ2v) is 13.6. The van der Waals surface area contributed by atoms with Crippen molar-refractivity contribution in [3.8, 4) is 0 Å². The Labute approximate surface area is 136 Å². The number of unbranched alkanes of at least 4 members (excludes halogenated alkanes) is 1. The van der Waals surface area contributed by atoms with Gasteiger partial charge in [0.25, 0.3) is 0 Å². The van der Waals surface area contributed by atoms with Crippen molar-refractivity contribution in [3.63, 3.8) is 0 Å². The third kappa shape index (κ3) is 8.66. The highest BCUT2D eigenvalue weighted by Crippen LogP contribution is 2.36. The molecule has 0 aromatic carbocycles. The molecule has 1 atom stereocenters. The number of hydrogen-bond donors (Lipinski definition) is 0. The Bertz CT molecular complexity index is 270. The van der Waals surface area contributed by atoms with Gasteiger partial charge in [0, 0.05) is 18.7 Å². The highest BCUT2D eigenvalue weighted by Gasteiger charge is 2.36. The lowest BCUT2D eigenvalue weighted by atomic mass is 10.2. The largest absolute Gasteiger partial charge is 0.417 e. The Morgan fingerprint density at radius 1 is 0.952 bits per heavy atom. The average molecular weight is 336 g/mol. The van der Waals surface area contributed by atoms with Crippen molar-refractivity contribution >= 4 is 17.3 Å². The van der Waals surface area contributed by atoms with Crippen molar-refractivity contribution in [3.05, 3.63) is 0 Å². The molecule has 0 aliphatic carbocycles. The fraction of sp³-hybridized carbons (Fsp3) is 1.00. The summed E-state index contributed by atoms with van der Waals surface area (Å²) in [4.78, 5) is 0. The van der Waals surface area contributed by atoms with Crippen LogP contribution in [0.2, 0.25) is 18.1 Å². The lowest BCUT2D eigenvalue weighted by molar-refractivity contribution is 0.242. The van der Waals surface area contributed by atoms with Crippen LogP contribution in [-0.4, -0.2) is 38.3 Å². The van der Waals surface area contributed by atoms with E-state index in [0.717, 1.165) is 26.1 Å². The van der Waals surface area contributed by atoms with Gasteiger partial charge in [-0.05, 0) is 58.7 Å². The van der Waals surface area contributed by atoms with E-state index in [9.17, 15) is 0 Å². The molecule has 0 spiro atoms. The molecule has 0 heterocycles. The van der Waals surface area contributed by atoms with Gasteiger partial charge >= 0.3 is 0 Å². The molecule has 0 fully saturated rings. The maximum absolute atomic E-state index is 6.17. The summed E-state index contributed by atoms with van der Waals surface area (Å²) in [5.41, 5.74) is 0. The lowest BCUT2D eigenvalue weighted by Crippen LogP contribution is -2.40. The van der Waals surface area contributed by atoms with Gasteiger partial charge in [0.05, 0.1) is 15.6 Å². The quantitative estimate of drug-likeness (QED) is 0.302. The minimum atomic E-state index is -1.57. The third-order valence-corrected chi connectivity index (χ3v) is 10.3. The van der Waals surface area contributed by atoms with Crippen LogP contribution in [0.3, 0.4) is 0 Å². The summed E-state index contributed by atoms with van der Waals surface area (Å²) in [6.45, 7) is 22.1. The maximum Gasteiger partial charge on any atom is 0.191 e. The molecule has 21 heavy (non-hydrogen) atoms. The summed E-state index contributed by atoms with van der Waals surface area (Å²) >= 11 is 0. The summed E-state index contributed by atoms with van der Waals surface area (Å²) in [7, 11) is -1.09. The summed E-state index contributed by atoms with van der Waals surface area (Å²) in [6, 6.07) is 1.09. The molecular weight excluding hydrogens is 297 g/mol. The first kappa shape index (κ1) is 21.5. The van der Waals surface area contributed by atoms with Crippen LogP contribution < -0.4 is 0 Å². The highest BCUT2D eigenvalue weighted by atomic mass is 31.1. The Kier molecular flexibility index (Phi) is 9.86. The van der Waals surface area contributed by atoms with E-state index in [0.29, 0.717) is 26.1 Å². The number of nitrogens with zero attached hydrogens (tertiary/aromatic N) is 1. The molecule has 0 saturated heterocycles. The van der Waals surface area contributed by atoms with Crippen LogP contribution in [0.5, 0.6) is 0 Å². The summed E-state index contributed by atoms with van der Waals surface area (Å²) in [5.74, 6) is 0. The molecule has 0 aliphatic rings. The van der Waals surface area contributed by atoms with Crippen molar-refractivity contribution in [2.45, 2.75) is 91.5 Å². The van der Waals surface area contributed by atoms with Gasteiger partial charge in [-0.25, -0.2) is 0 Å². The smallest absolute Gasteiger partial charge is 0.191 e. The van der Waals surface area contributed by atoms with Crippen LogP contribution >= 0.6 is 8.96 Å². The van der Waals surface area contributed by atoms with Gasteiger partial charge in [-0.15, -0.1) is 0 Å². The maximum atomic E-state index is 6.17. The monoisotopic (exact) mass is 335 g/mol. The first-order valence-corrected chi connectivity index (χ1v) is 12.0. The van der Waals surface area contributed by atoms with E-state index in [1.165, 1.54) is 0 Å². The second kappa shape index (κ2) is 9.62. The molecule has 0 amide bonds. The Morgan fingerprint density at radius 2 is 1.43 bits per heavy atom. The van der Waals surface area contributed by atoms with Crippen LogP contribution in [0.1, 0.15) is 61.3 Å². The number of rotatable bonds is 10. The topological polar surface area (TPSA) is 21.7 Å². The van der Waals surface area contributed by atoms with E-state index in [4.69, 9.17) is 8.95 Å². The van der Waals surface area contributed by atoms with E-state index in [1.54, 1.807) is 0 Å². The third-order valence-electron chi connectivity index (χ3n) is 4.19. The van der Waals surface area contributed by atoms with Crippen molar-refractivity contribution in [1.29, 1.82) is 0 Å². The molecule has 1 unspecified atom stereocenters. The summed E-state index contributed by atoms with van der Waals surface area (Å²) in [6.07, 6.45) is 2.19. The second-order valence-electron chi connectivity index (χ2n) is 7.85. The van der Waals surface area contributed by atoms with Crippen LogP contribution in [-0.2, 0) is 8.95 Å². The van der Waals surface area contributed by atoms with Gasteiger partial charge in [-0.2, -0.15) is 0 Å². The van der Waals surface area contributed by atoms with E-state index in [1.807, 2.05) is 0 Å². The van der Waals surface area contributed by atoms with Crippen molar-refractivity contribution < 1.29 is 8.95 Å². The minimum Gasteiger partial charge on any atom is -0.417 e. The molecule has 128 valence electrons. The Balaban J connectivity index is 3.75. The van der Waals surface area contributed by atoms with Crippen LogP contribution in [0.4, 0.5) is 0 Å². The summed E-state index contributed by atoms with van der Waals surface area (Å²) < 4.78 is 14.4. The number of hydrogen-bond acceptors (Lipinski definition) is 3. The Hall–Kier alpha value is 0.527. The van der Waals surface area contributed by atoms with Gasteiger partial charge in [0.15, 0.2) is 8.32 Å². The van der Waals surface area contributed by atoms with Gasteiger partial charge in [-0.1, -0.05) is 20.8 Å². The van der Waals surface area contributed by atoms with Crippen LogP contribution in [0, 0.1) is 0 Å². The zero-order valence-electron chi connectivity index (χ0n) is 15.7. The molecule has 0 aromatic heterocycles. The molecular formula is C16H38NO2PSi. The van der Waals surface area contributed by atoms with E-state index in [-0.39, 0.29) is 0 Å². The summed E-state index contributed by atoms with van der Waals surface area (Å²) in [5, 5.41) is 0.305. The Morgan fingerprint density at radius 3 is 1.86 bits per heavy atom. The average Bonchev–Trinajstić information content (AvgIpc) is 2.29. The first-order chi connectivity index (χ1) is 9.49. The van der Waals surface area contributed by atoms with Gasteiger partial charge < -0.3 is 8.95 Å². The predicted molar refractivity (Wildman–Crippen MR) is 98.8 cm³/mol. The molecule has 0 aromatic rings. The fourth-order valence-electron chi connectivity index (χ4n) is 1.75. The van der Waals surface area contributed by atoms with Crippen LogP contribution in [0.15, 0.2) is 0 Å². The fourth-order valence-corrected chi connectivity index (χ4v) is 3.64. The standard InChI is InChI=1S/C16H38NO2PSi/c1-14(2)17(15(3)4)20-18-12-10-11-13-19-21(8,9)16(5,6)7/h14-15,20H,10-13H2,1-9H3. The molecule has 5 heteroatoms. The molecule has 0 bridgehead atoms. The van der Waals surface area contributed by atoms with Crippen molar-refractivity contribution in [1.82, 2.24) is 4.67 Å². The first-order valence-electron chi connectivity index (χ1n) is 8.29. The minimum absolute atomic E-state index is 0.305. The van der Waals surface area contributed by atoms with Gasteiger partial charge in [0.2, 0.25) is 0 Å². The van der Waals surface area contributed by atoms with Crippen molar-refractivity contribution in [2.75, 3.05) is 13.2 Å². The highest BCUT2D eigenvalue weighted by molar-refractivity contribution is 7.29. The van der Waals surface area contributed by atoms with E-state index in [2.05, 4.69) is 66.2 Å². The molecule has 0 saturated carbocycles. The lowest BCUT2D eigenvalue weighted by Gasteiger charge is -2.36. The molecule has 0 N–H and O–H groups in total. The SMILES string of the molecule is CC(C)N(POCCCCO[Si](C)(C)C(C)(C)C)C(C)C. The molecule has 3 nitrogen and oxygen atoms in total. The molecule has 0 rings (SSSR count). The molecule has 0 radical (unpaired) electrons. The van der Waals surface area contributed by atoms with Crippen LogP contribution in [0.25, 0.3) is 0 Å². The van der Waals surface area contributed by atoms with E-state index >= 15 is 0 Å². The normalized spacial score (nSPS) is 14.3. The van der Waals surface area contributed by atoms with Crippen molar-refractivity contribution in [2.24, 2.45) is 0 Å². The predicted octanol–water partition coefficient (Wildman–Crippen LogP) is 5.43. The van der Waals surface area contributed by atoms with Gasteiger partial charge in [-0.3, -0.25) is 4.67 Å². The zero-order valence-corrected chi connectivity index (χ0v) is 17.7. The van der Waals surface area contributed by atoms with Gasteiger partial charge in [0.1, 0.15) is 0 Å². The molecule has 0 aliphatic heterocycles. The van der Waals surface area contributed by atoms with E-state index < -0.39 is 8.32 Å².